The van der Waals surface area contributed by atoms with Crippen molar-refractivity contribution >= 4 is 5.97 Å². The van der Waals surface area contributed by atoms with Gasteiger partial charge in [0.05, 0.1) is 11.3 Å². The first kappa shape index (κ1) is 18.0. The molecule has 2 heterocycles. The second kappa shape index (κ2) is 6.88. The molecular formula is C27H21NO3. The van der Waals surface area contributed by atoms with Crippen LogP contribution in [0.5, 0.6) is 5.75 Å². The van der Waals surface area contributed by atoms with Crippen molar-refractivity contribution < 1.29 is 14.6 Å². The third-order valence-corrected chi connectivity index (χ3v) is 6.40. The maximum absolute atomic E-state index is 11.6. The number of aromatic nitrogens is 1. The quantitative estimate of drug-likeness (QED) is 0.480. The third kappa shape index (κ3) is 2.87. The van der Waals surface area contributed by atoms with Crippen LogP contribution in [0.1, 0.15) is 39.0 Å². The van der Waals surface area contributed by atoms with Gasteiger partial charge in [0.1, 0.15) is 11.9 Å². The summed E-state index contributed by atoms with van der Waals surface area (Å²) in [6, 6.07) is 26.2. The van der Waals surface area contributed by atoms with Crippen LogP contribution in [-0.2, 0) is 19.3 Å². The van der Waals surface area contributed by atoms with E-state index in [9.17, 15) is 9.90 Å². The minimum atomic E-state index is -0.917. The Labute approximate surface area is 180 Å². The van der Waals surface area contributed by atoms with Crippen LogP contribution in [0.2, 0.25) is 0 Å². The number of hydrogen-bond acceptors (Lipinski definition) is 2. The van der Waals surface area contributed by atoms with Gasteiger partial charge in [-0.2, -0.15) is 0 Å². The van der Waals surface area contributed by atoms with Gasteiger partial charge in [0.2, 0.25) is 0 Å². The lowest BCUT2D eigenvalue weighted by Crippen LogP contribution is -2.14. The number of carboxylic acids is 1. The molecule has 0 spiro atoms. The number of aryl methyl sites for hydroxylation is 1. The fourth-order valence-corrected chi connectivity index (χ4v) is 4.97. The molecule has 2 aliphatic rings. The Morgan fingerprint density at radius 3 is 2.52 bits per heavy atom. The number of ether oxygens (including phenoxy) is 1. The number of carbonyl (C=O) groups is 1. The molecule has 4 aromatic rings. The van der Waals surface area contributed by atoms with Gasteiger partial charge in [-0.05, 0) is 59.9 Å². The van der Waals surface area contributed by atoms with E-state index in [0.29, 0.717) is 0 Å². The van der Waals surface area contributed by atoms with Gasteiger partial charge >= 0.3 is 5.97 Å². The number of fused-ring (bicyclic) bond motifs is 4. The molecule has 31 heavy (non-hydrogen) atoms. The summed E-state index contributed by atoms with van der Waals surface area (Å²) in [7, 11) is 0. The van der Waals surface area contributed by atoms with Crippen LogP contribution in [-0.4, -0.2) is 15.6 Å². The monoisotopic (exact) mass is 407 g/mol. The maximum Gasteiger partial charge on any atom is 0.335 e. The number of aromatic carboxylic acids is 1. The zero-order valence-corrected chi connectivity index (χ0v) is 16.9. The maximum atomic E-state index is 11.6. The molecule has 1 unspecified atom stereocenters. The van der Waals surface area contributed by atoms with Crippen molar-refractivity contribution in [2.45, 2.75) is 25.4 Å². The second-order valence-electron chi connectivity index (χ2n) is 8.20. The molecule has 1 aliphatic carbocycles. The third-order valence-electron chi connectivity index (χ3n) is 6.40. The first-order valence-electron chi connectivity index (χ1n) is 10.6. The highest BCUT2D eigenvalue weighted by molar-refractivity contribution is 5.88. The van der Waals surface area contributed by atoms with E-state index in [-0.39, 0.29) is 11.7 Å². The van der Waals surface area contributed by atoms with Crippen molar-refractivity contribution in [3.05, 3.63) is 107 Å². The van der Waals surface area contributed by atoms with E-state index in [2.05, 4.69) is 41.0 Å². The summed E-state index contributed by atoms with van der Waals surface area (Å²) in [5.74, 6) is 0.0113. The molecule has 4 heteroatoms. The largest absolute Gasteiger partial charge is 0.484 e. The second-order valence-corrected chi connectivity index (χ2v) is 8.20. The highest BCUT2D eigenvalue weighted by Crippen LogP contribution is 2.43. The van der Waals surface area contributed by atoms with Crippen LogP contribution in [0.4, 0.5) is 0 Å². The molecule has 0 fully saturated rings. The van der Waals surface area contributed by atoms with Gasteiger partial charge in [0.25, 0.3) is 0 Å². The molecule has 3 aromatic carbocycles. The van der Waals surface area contributed by atoms with Crippen molar-refractivity contribution in [2.75, 3.05) is 0 Å². The zero-order valence-electron chi connectivity index (χ0n) is 16.9. The lowest BCUT2D eigenvalue weighted by atomic mass is 9.90. The van der Waals surface area contributed by atoms with Crippen LogP contribution in [0, 0.1) is 0 Å². The van der Waals surface area contributed by atoms with E-state index in [1.807, 2.05) is 30.3 Å². The van der Waals surface area contributed by atoms with E-state index in [1.54, 1.807) is 12.1 Å². The Bertz CT molecular complexity index is 1310. The van der Waals surface area contributed by atoms with Crippen molar-refractivity contribution in [3.63, 3.8) is 0 Å². The van der Waals surface area contributed by atoms with E-state index in [0.717, 1.165) is 36.4 Å². The Morgan fingerprint density at radius 2 is 1.68 bits per heavy atom. The van der Waals surface area contributed by atoms with Crippen molar-refractivity contribution in [3.8, 4) is 22.6 Å². The molecule has 4 nitrogen and oxygen atoms in total. The summed E-state index contributed by atoms with van der Waals surface area (Å²) >= 11 is 0. The smallest absolute Gasteiger partial charge is 0.335 e. The summed E-state index contributed by atoms with van der Waals surface area (Å²) in [5.41, 5.74) is 8.49. The van der Waals surface area contributed by atoms with Gasteiger partial charge < -0.3 is 14.4 Å². The van der Waals surface area contributed by atoms with Gasteiger partial charge in [-0.3, -0.25) is 0 Å². The molecule has 0 bridgehead atoms. The SMILES string of the molecule is O=C(O)c1cccc(-n2c(C3Cc4ccccc4O3)cc3c2CCc2ccccc2-3)c1. The van der Waals surface area contributed by atoms with Crippen LogP contribution < -0.4 is 4.74 Å². The highest BCUT2D eigenvalue weighted by atomic mass is 16.5. The molecule has 0 saturated carbocycles. The summed E-state index contributed by atoms with van der Waals surface area (Å²) < 4.78 is 8.59. The van der Waals surface area contributed by atoms with Crippen molar-refractivity contribution in [1.82, 2.24) is 4.57 Å². The number of carboxylic acid groups (broad SMARTS) is 1. The fraction of sp³-hybridized carbons (Fsp3) is 0.148. The summed E-state index contributed by atoms with van der Waals surface area (Å²) in [5, 5.41) is 9.54. The predicted molar refractivity (Wildman–Crippen MR) is 119 cm³/mol. The number of para-hydroxylation sites is 1. The number of hydrogen-bond donors (Lipinski definition) is 1. The van der Waals surface area contributed by atoms with Crippen molar-refractivity contribution in [1.29, 1.82) is 0 Å². The lowest BCUT2D eigenvalue weighted by Gasteiger charge is -2.21. The van der Waals surface area contributed by atoms with Gasteiger partial charge in [-0.25, -0.2) is 4.79 Å². The van der Waals surface area contributed by atoms with Crippen LogP contribution in [0.25, 0.3) is 16.8 Å². The Balaban J connectivity index is 1.56. The van der Waals surface area contributed by atoms with Crippen LogP contribution in [0.3, 0.4) is 0 Å². The average molecular weight is 407 g/mol. The standard InChI is InChI=1S/C27H21NO3/c29-27(30)19-8-5-9-20(14-19)28-23-13-12-17-6-1-3-10-21(17)22(23)16-24(28)26-15-18-7-2-4-11-25(18)31-26/h1-11,14,16,26H,12-13,15H2,(H,29,30). The lowest BCUT2D eigenvalue weighted by molar-refractivity contribution is 0.0697. The predicted octanol–water partition coefficient (Wildman–Crippen LogP) is 5.62. The molecule has 0 radical (unpaired) electrons. The van der Waals surface area contributed by atoms with E-state index in [4.69, 9.17) is 4.74 Å². The molecule has 1 aliphatic heterocycles. The summed E-state index contributed by atoms with van der Waals surface area (Å²) in [6.45, 7) is 0. The Morgan fingerprint density at radius 1 is 0.871 bits per heavy atom. The average Bonchev–Trinajstić information content (AvgIpc) is 3.40. The van der Waals surface area contributed by atoms with Crippen LogP contribution >= 0.6 is 0 Å². The van der Waals surface area contributed by atoms with E-state index in [1.165, 1.54) is 27.9 Å². The molecule has 152 valence electrons. The van der Waals surface area contributed by atoms with Gasteiger partial charge in [0.15, 0.2) is 0 Å². The Hall–Kier alpha value is -3.79. The number of benzene rings is 3. The van der Waals surface area contributed by atoms with Crippen molar-refractivity contribution in [2.24, 2.45) is 0 Å². The molecule has 0 saturated heterocycles. The normalized spacial score (nSPS) is 16.2. The van der Waals surface area contributed by atoms with Crippen LogP contribution in [0.15, 0.2) is 78.9 Å². The molecule has 1 aromatic heterocycles. The van der Waals surface area contributed by atoms with E-state index >= 15 is 0 Å². The van der Waals surface area contributed by atoms with Gasteiger partial charge in [-0.15, -0.1) is 0 Å². The topological polar surface area (TPSA) is 51.5 Å². The molecule has 1 N–H and O–H groups in total. The first-order chi connectivity index (χ1) is 15.2. The number of nitrogens with zero attached hydrogens (tertiary/aromatic N) is 1. The van der Waals surface area contributed by atoms with Gasteiger partial charge in [-0.1, -0.05) is 48.5 Å². The molecular weight excluding hydrogens is 386 g/mol. The van der Waals surface area contributed by atoms with E-state index < -0.39 is 5.97 Å². The minimum Gasteiger partial charge on any atom is -0.484 e. The molecule has 0 amide bonds. The molecule has 6 rings (SSSR count). The zero-order chi connectivity index (χ0) is 20.9. The Kier molecular flexibility index (Phi) is 4.00. The minimum absolute atomic E-state index is 0.108. The first-order valence-corrected chi connectivity index (χ1v) is 10.6. The summed E-state index contributed by atoms with van der Waals surface area (Å²) in [6.07, 6.45) is 2.57. The number of rotatable bonds is 3. The highest BCUT2D eigenvalue weighted by Gasteiger charge is 2.31. The summed E-state index contributed by atoms with van der Waals surface area (Å²) in [4.78, 5) is 11.6. The van der Waals surface area contributed by atoms with Gasteiger partial charge in [0, 0.05) is 23.4 Å². The molecule has 1 atom stereocenters. The fourth-order valence-electron chi connectivity index (χ4n) is 4.97.